The van der Waals surface area contributed by atoms with Crippen molar-refractivity contribution >= 4 is 5.78 Å². The van der Waals surface area contributed by atoms with Crippen molar-refractivity contribution in [1.29, 1.82) is 5.26 Å². The molecule has 2 unspecified atom stereocenters. The van der Waals surface area contributed by atoms with E-state index in [1.807, 2.05) is 0 Å². The third-order valence-electron chi connectivity index (χ3n) is 1.43. The minimum atomic E-state index is -1.13. The smallest absolute Gasteiger partial charge is 0.201 e. The second kappa shape index (κ2) is 2.72. The van der Waals surface area contributed by atoms with Crippen molar-refractivity contribution in [2.45, 2.75) is 19.1 Å². The number of rotatable bonds is 0. The lowest BCUT2D eigenvalue weighted by atomic mass is 10.1. The van der Waals surface area contributed by atoms with Crippen LogP contribution in [0.4, 0.5) is 0 Å². The summed E-state index contributed by atoms with van der Waals surface area (Å²) in [4.78, 5) is 10.8. The number of ketones is 1. The van der Waals surface area contributed by atoms with Gasteiger partial charge in [0, 0.05) is 6.08 Å². The van der Waals surface area contributed by atoms with Gasteiger partial charge in [-0.15, -0.1) is 0 Å². The fourth-order valence-corrected chi connectivity index (χ4v) is 0.803. The quantitative estimate of drug-likeness (QED) is 0.520. The van der Waals surface area contributed by atoms with Gasteiger partial charge in [-0.1, -0.05) is 0 Å². The molecule has 2 atom stereocenters. The zero-order valence-electron chi connectivity index (χ0n) is 5.94. The average molecular weight is 153 g/mol. The highest BCUT2D eigenvalue weighted by molar-refractivity contribution is 5.95. The Labute approximate surface area is 63.7 Å². The van der Waals surface area contributed by atoms with Crippen LogP contribution in [0.2, 0.25) is 0 Å². The molecular weight excluding hydrogens is 146 g/mol. The Hall–Kier alpha value is -1.34. The molecule has 0 aliphatic carbocycles. The number of hydrogen-bond acceptors (Lipinski definition) is 4. The van der Waals surface area contributed by atoms with E-state index in [-0.39, 0.29) is 5.76 Å². The van der Waals surface area contributed by atoms with E-state index in [4.69, 9.17) is 15.1 Å². The molecule has 0 saturated carbocycles. The van der Waals surface area contributed by atoms with E-state index < -0.39 is 18.0 Å². The summed E-state index contributed by atoms with van der Waals surface area (Å²) >= 11 is 0. The molecule has 0 aromatic rings. The molecule has 4 heteroatoms. The number of aliphatic hydroxyl groups is 1. The SMILES string of the molecule is CC1OC(C#N)=CC(=O)C1O. The monoisotopic (exact) mass is 153 g/mol. The second-order valence-electron chi connectivity index (χ2n) is 2.29. The lowest BCUT2D eigenvalue weighted by molar-refractivity contribution is -0.130. The van der Waals surface area contributed by atoms with E-state index in [1.54, 1.807) is 6.07 Å². The average Bonchev–Trinajstić information content (AvgIpc) is 1.99. The molecule has 0 amide bonds. The number of hydrogen-bond donors (Lipinski definition) is 1. The number of ether oxygens (including phenoxy) is 1. The minimum Gasteiger partial charge on any atom is -0.477 e. The first-order valence-electron chi connectivity index (χ1n) is 3.15. The number of nitriles is 1. The molecule has 1 aliphatic rings. The molecule has 0 radical (unpaired) electrons. The maximum absolute atomic E-state index is 10.8. The zero-order chi connectivity index (χ0) is 8.43. The van der Waals surface area contributed by atoms with Crippen LogP contribution < -0.4 is 0 Å². The topological polar surface area (TPSA) is 70.3 Å². The van der Waals surface area contributed by atoms with Crippen LogP contribution in [0.3, 0.4) is 0 Å². The molecule has 0 aromatic carbocycles. The highest BCUT2D eigenvalue weighted by Crippen LogP contribution is 2.13. The van der Waals surface area contributed by atoms with Crippen LogP contribution in [0.5, 0.6) is 0 Å². The standard InChI is InChI=1S/C7H7NO3/c1-4-7(10)6(9)2-5(3-8)11-4/h2,4,7,10H,1H3. The van der Waals surface area contributed by atoms with Crippen molar-refractivity contribution < 1.29 is 14.6 Å². The lowest BCUT2D eigenvalue weighted by Crippen LogP contribution is -2.36. The van der Waals surface area contributed by atoms with Gasteiger partial charge in [0.2, 0.25) is 5.76 Å². The van der Waals surface area contributed by atoms with Gasteiger partial charge in [0.15, 0.2) is 11.9 Å². The van der Waals surface area contributed by atoms with Crippen LogP contribution >= 0.6 is 0 Å². The summed E-state index contributed by atoms with van der Waals surface area (Å²) in [6.07, 6.45) is -0.751. The Morgan fingerprint density at radius 1 is 1.82 bits per heavy atom. The van der Waals surface area contributed by atoms with E-state index in [9.17, 15) is 4.79 Å². The maximum atomic E-state index is 10.8. The zero-order valence-corrected chi connectivity index (χ0v) is 5.94. The summed E-state index contributed by atoms with van der Waals surface area (Å²) in [6.45, 7) is 1.53. The highest BCUT2D eigenvalue weighted by Gasteiger charge is 2.28. The minimum absolute atomic E-state index is 0.0344. The molecule has 1 N–H and O–H groups in total. The molecule has 58 valence electrons. The third kappa shape index (κ3) is 1.38. The van der Waals surface area contributed by atoms with Gasteiger partial charge >= 0.3 is 0 Å². The van der Waals surface area contributed by atoms with E-state index in [1.165, 1.54) is 6.92 Å². The van der Waals surface area contributed by atoms with Gasteiger partial charge in [0.05, 0.1) is 0 Å². The van der Waals surface area contributed by atoms with Crippen LogP contribution in [-0.4, -0.2) is 23.1 Å². The van der Waals surface area contributed by atoms with Crippen LogP contribution in [0, 0.1) is 11.3 Å². The molecule has 0 bridgehead atoms. The summed E-state index contributed by atoms with van der Waals surface area (Å²) in [5.41, 5.74) is 0. The molecule has 0 fully saturated rings. The number of allylic oxidation sites excluding steroid dienone is 1. The van der Waals surface area contributed by atoms with Gasteiger partial charge in [-0.3, -0.25) is 4.79 Å². The van der Waals surface area contributed by atoms with Gasteiger partial charge in [-0.2, -0.15) is 5.26 Å². The maximum Gasteiger partial charge on any atom is 0.201 e. The predicted octanol–water partition coefficient (Wildman–Crippen LogP) is -0.257. The Morgan fingerprint density at radius 3 is 2.91 bits per heavy atom. The van der Waals surface area contributed by atoms with Gasteiger partial charge in [-0.25, -0.2) is 0 Å². The highest BCUT2D eigenvalue weighted by atomic mass is 16.5. The molecule has 0 aromatic heterocycles. The fourth-order valence-electron chi connectivity index (χ4n) is 0.803. The van der Waals surface area contributed by atoms with Crippen molar-refractivity contribution in [2.75, 3.05) is 0 Å². The summed E-state index contributed by atoms with van der Waals surface area (Å²) < 4.78 is 4.85. The third-order valence-corrected chi connectivity index (χ3v) is 1.43. The lowest BCUT2D eigenvalue weighted by Gasteiger charge is -2.21. The van der Waals surface area contributed by atoms with E-state index >= 15 is 0 Å². The Morgan fingerprint density at radius 2 is 2.45 bits per heavy atom. The largest absolute Gasteiger partial charge is 0.477 e. The van der Waals surface area contributed by atoms with E-state index in [0.29, 0.717) is 0 Å². The Balaban J connectivity index is 2.87. The molecule has 1 aliphatic heterocycles. The first-order valence-corrected chi connectivity index (χ1v) is 3.15. The van der Waals surface area contributed by atoms with Gasteiger partial charge < -0.3 is 9.84 Å². The van der Waals surface area contributed by atoms with E-state index in [0.717, 1.165) is 6.08 Å². The van der Waals surface area contributed by atoms with Crippen molar-refractivity contribution in [2.24, 2.45) is 0 Å². The second-order valence-corrected chi connectivity index (χ2v) is 2.29. The predicted molar refractivity (Wildman–Crippen MR) is 35.3 cm³/mol. The summed E-state index contributed by atoms with van der Waals surface area (Å²) in [5, 5.41) is 17.4. The number of carbonyl (C=O) groups is 1. The molecule has 1 rings (SSSR count). The molecule has 0 saturated heterocycles. The number of nitrogens with zero attached hydrogens (tertiary/aromatic N) is 1. The molecular formula is C7H7NO3. The summed E-state index contributed by atoms with van der Waals surface area (Å²) in [7, 11) is 0. The normalized spacial score (nSPS) is 30.3. The van der Waals surface area contributed by atoms with Gasteiger partial charge in [0.1, 0.15) is 12.2 Å². The Kier molecular flexibility index (Phi) is 1.92. The van der Waals surface area contributed by atoms with Crippen molar-refractivity contribution in [3.8, 4) is 6.07 Å². The first-order chi connectivity index (χ1) is 5.15. The Bertz CT molecular complexity index is 251. The molecule has 4 nitrogen and oxygen atoms in total. The fraction of sp³-hybridized carbons (Fsp3) is 0.429. The summed E-state index contributed by atoms with van der Waals surface area (Å²) in [5.74, 6) is -0.506. The van der Waals surface area contributed by atoms with Crippen LogP contribution in [0.25, 0.3) is 0 Å². The number of carbonyl (C=O) groups excluding carboxylic acids is 1. The van der Waals surface area contributed by atoms with Crippen LogP contribution in [0.1, 0.15) is 6.92 Å². The molecule has 0 spiro atoms. The van der Waals surface area contributed by atoms with Gasteiger partial charge in [0.25, 0.3) is 0 Å². The molecule has 11 heavy (non-hydrogen) atoms. The summed E-state index contributed by atoms with van der Waals surface area (Å²) in [6, 6.07) is 1.69. The van der Waals surface area contributed by atoms with E-state index in [2.05, 4.69) is 0 Å². The van der Waals surface area contributed by atoms with Crippen molar-refractivity contribution in [3.05, 3.63) is 11.8 Å². The van der Waals surface area contributed by atoms with Gasteiger partial charge in [-0.05, 0) is 6.92 Å². The van der Waals surface area contributed by atoms with Crippen molar-refractivity contribution in [3.63, 3.8) is 0 Å². The molecule has 1 heterocycles. The van der Waals surface area contributed by atoms with Crippen LogP contribution in [0.15, 0.2) is 11.8 Å². The van der Waals surface area contributed by atoms with Crippen LogP contribution in [-0.2, 0) is 9.53 Å². The van der Waals surface area contributed by atoms with Crippen molar-refractivity contribution in [1.82, 2.24) is 0 Å². The number of aliphatic hydroxyl groups excluding tert-OH is 1. The first kappa shape index (κ1) is 7.76.